The molecule has 0 bridgehead atoms. The fraction of sp³-hybridized carbons (Fsp3) is 0.630. The van der Waals surface area contributed by atoms with Gasteiger partial charge in [-0.3, -0.25) is 14.2 Å². The number of quaternary nitrogens is 1. The van der Waals surface area contributed by atoms with Crippen molar-refractivity contribution in [3.8, 4) is 0 Å². The smallest absolute Gasteiger partial charge is 0.306 e. The highest BCUT2D eigenvalue weighted by Gasteiger charge is 2.21. The fourth-order valence-electron chi connectivity index (χ4n) is 5.97. The molecule has 2 unspecified atom stereocenters. The highest BCUT2D eigenvalue weighted by atomic mass is 31.2. The van der Waals surface area contributed by atoms with Crippen LogP contribution in [0.25, 0.3) is 0 Å². The average Bonchev–Trinajstić information content (AvgIpc) is 3.25. The lowest BCUT2D eigenvalue weighted by atomic mass is 10.1. The third-order valence-corrected chi connectivity index (χ3v) is 10.7. The summed E-state index contributed by atoms with van der Waals surface area (Å²) >= 11 is 0. The number of ether oxygens (including phenoxy) is 2. The molecule has 0 radical (unpaired) electrons. The molecule has 0 saturated carbocycles. The van der Waals surface area contributed by atoms with E-state index in [1.165, 1.54) is 44.9 Å². The Morgan fingerprint density at radius 1 is 0.500 bits per heavy atom. The quantitative estimate of drug-likeness (QED) is 0.0195. The van der Waals surface area contributed by atoms with Gasteiger partial charge in [0.25, 0.3) is 7.82 Å². The van der Waals surface area contributed by atoms with Crippen LogP contribution in [0.2, 0.25) is 0 Å². The van der Waals surface area contributed by atoms with E-state index in [0.29, 0.717) is 30.3 Å². The first kappa shape index (κ1) is 60.7. The minimum Gasteiger partial charge on any atom is -0.756 e. The summed E-state index contributed by atoms with van der Waals surface area (Å²) in [6.45, 7) is 3.99. The van der Waals surface area contributed by atoms with Crippen molar-refractivity contribution in [3.63, 3.8) is 0 Å². The molecule has 0 N–H and O–H groups in total. The summed E-state index contributed by atoms with van der Waals surface area (Å²) in [6, 6.07) is 0. The Labute approximate surface area is 391 Å². The van der Waals surface area contributed by atoms with Crippen LogP contribution in [0.5, 0.6) is 0 Å². The summed E-state index contributed by atoms with van der Waals surface area (Å²) in [4.78, 5) is 37.7. The Hall–Kier alpha value is -3.33. The van der Waals surface area contributed by atoms with Gasteiger partial charge in [-0.1, -0.05) is 168 Å². The van der Waals surface area contributed by atoms with Crippen molar-refractivity contribution in [2.75, 3.05) is 47.5 Å². The predicted octanol–water partition coefficient (Wildman–Crippen LogP) is 14.1. The number of esters is 2. The maximum absolute atomic E-state index is 12.7. The van der Waals surface area contributed by atoms with Crippen LogP contribution in [-0.2, 0) is 32.7 Å². The van der Waals surface area contributed by atoms with E-state index in [0.717, 1.165) is 77.0 Å². The van der Waals surface area contributed by atoms with Crippen molar-refractivity contribution >= 4 is 19.8 Å². The van der Waals surface area contributed by atoms with Gasteiger partial charge in [0, 0.05) is 12.8 Å². The molecule has 0 saturated heterocycles. The molecular formula is C54H90NO8P. The number of carbonyl (C=O) groups excluding carboxylic acids is 2. The van der Waals surface area contributed by atoms with Crippen LogP contribution in [-0.4, -0.2) is 70.0 Å². The topological polar surface area (TPSA) is 111 Å². The fourth-order valence-corrected chi connectivity index (χ4v) is 6.70. The summed E-state index contributed by atoms with van der Waals surface area (Å²) in [6.07, 6.45) is 61.2. The van der Waals surface area contributed by atoms with Crippen LogP contribution in [0.15, 0.2) is 109 Å². The molecule has 64 heavy (non-hydrogen) atoms. The second-order valence-corrected chi connectivity index (χ2v) is 18.5. The van der Waals surface area contributed by atoms with Crippen LogP contribution >= 0.6 is 7.82 Å². The van der Waals surface area contributed by atoms with Gasteiger partial charge in [0.1, 0.15) is 19.8 Å². The first-order valence-corrected chi connectivity index (χ1v) is 26.1. The minimum absolute atomic E-state index is 0.0496. The molecule has 0 aromatic carbocycles. The summed E-state index contributed by atoms with van der Waals surface area (Å²) in [7, 11) is 1.10. The monoisotopic (exact) mass is 912 g/mol. The van der Waals surface area contributed by atoms with Gasteiger partial charge in [-0.2, -0.15) is 0 Å². The Balaban J connectivity index is 4.44. The van der Waals surface area contributed by atoms with Crippen LogP contribution in [0.1, 0.15) is 168 Å². The van der Waals surface area contributed by atoms with E-state index in [2.05, 4.69) is 117 Å². The van der Waals surface area contributed by atoms with E-state index in [-0.39, 0.29) is 26.1 Å². The molecule has 0 aromatic heterocycles. The van der Waals surface area contributed by atoms with Gasteiger partial charge in [-0.15, -0.1) is 0 Å². The SMILES string of the molecule is CC/C=C\C/C=C\C/C=C\C/C=C\C/C=C\C/C=C\C/C=C\CCCC(=O)OC(COC(=O)CCCCCCCCC/C=C\C/C=C\CCCCC)COP(=O)([O-])OCC[N+](C)(C)C. The molecule has 9 nitrogen and oxygen atoms in total. The lowest BCUT2D eigenvalue weighted by molar-refractivity contribution is -0.870. The van der Waals surface area contributed by atoms with Crippen molar-refractivity contribution in [1.29, 1.82) is 0 Å². The molecule has 10 heteroatoms. The van der Waals surface area contributed by atoms with Gasteiger partial charge in [-0.05, 0) is 96.3 Å². The summed E-state index contributed by atoms with van der Waals surface area (Å²) in [5.41, 5.74) is 0. The van der Waals surface area contributed by atoms with Gasteiger partial charge in [0.2, 0.25) is 0 Å². The summed E-state index contributed by atoms with van der Waals surface area (Å²) in [5.74, 6) is -0.923. The zero-order chi connectivity index (χ0) is 47.1. The molecule has 0 spiro atoms. The van der Waals surface area contributed by atoms with E-state index in [1.807, 2.05) is 27.2 Å². The number of allylic oxidation sites excluding steroid dienone is 18. The molecule has 0 rings (SSSR count). The van der Waals surface area contributed by atoms with E-state index >= 15 is 0 Å². The lowest BCUT2D eigenvalue weighted by Gasteiger charge is -2.28. The first-order chi connectivity index (χ1) is 31.0. The number of hydrogen-bond donors (Lipinski definition) is 0. The normalized spacial score (nSPS) is 14.4. The van der Waals surface area contributed by atoms with Crippen molar-refractivity contribution in [2.45, 2.75) is 174 Å². The van der Waals surface area contributed by atoms with Crippen molar-refractivity contribution < 1.29 is 42.1 Å². The van der Waals surface area contributed by atoms with Crippen molar-refractivity contribution in [2.24, 2.45) is 0 Å². The largest absolute Gasteiger partial charge is 0.756 e. The number of hydrogen-bond acceptors (Lipinski definition) is 8. The van der Waals surface area contributed by atoms with Crippen LogP contribution in [0.3, 0.4) is 0 Å². The summed E-state index contributed by atoms with van der Waals surface area (Å²) < 4.78 is 33.9. The molecule has 0 aliphatic rings. The Bertz CT molecular complexity index is 1450. The zero-order valence-electron chi connectivity index (χ0n) is 40.9. The Morgan fingerprint density at radius 3 is 1.38 bits per heavy atom. The first-order valence-electron chi connectivity index (χ1n) is 24.6. The van der Waals surface area contributed by atoms with Crippen molar-refractivity contribution in [1.82, 2.24) is 0 Å². The van der Waals surface area contributed by atoms with E-state index in [4.69, 9.17) is 18.5 Å². The second-order valence-electron chi connectivity index (χ2n) is 17.1. The number of rotatable bonds is 43. The van der Waals surface area contributed by atoms with Gasteiger partial charge in [0.05, 0.1) is 27.7 Å². The molecular weight excluding hydrogens is 822 g/mol. The Morgan fingerprint density at radius 2 is 0.906 bits per heavy atom. The van der Waals surface area contributed by atoms with Crippen LogP contribution < -0.4 is 4.89 Å². The molecule has 0 aliphatic carbocycles. The summed E-state index contributed by atoms with van der Waals surface area (Å²) in [5, 5.41) is 0. The molecule has 0 aromatic rings. The third-order valence-electron chi connectivity index (χ3n) is 9.78. The van der Waals surface area contributed by atoms with Crippen LogP contribution in [0.4, 0.5) is 0 Å². The molecule has 2 atom stereocenters. The van der Waals surface area contributed by atoms with Crippen molar-refractivity contribution in [3.05, 3.63) is 109 Å². The number of unbranched alkanes of at least 4 members (excludes halogenated alkanes) is 11. The van der Waals surface area contributed by atoms with Gasteiger partial charge >= 0.3 is 11.9 Å². The number of phosphoric acid groups is 1. The minimum atomic E-state index is -4.66. The molecule has 0 amide bonds. The molecule has 0 aliphatic heterocycles. The highest BCUT2D eigenvalue weighted by Crippen LogP contribution is 2.38. The molecule has 0 fully saturated rings. The van der Waals surface area contributed by atoms with E-state index in [1.54, 1.807) is 0 Å². The zero-order valence-corrected chi connectivity index (χ0v) is 41.8. The number of likely N-dealkylation sites (N-methyl/N-ethyl adjacent to an activating group) is 1. The van der Waals surface area contributed by atoms with E-state index < -0.39 is 32.5 Å². The highest BCUT2D eigenvalue weighted by molar-refractivity contribution is 7.45. The van der Waals surface area contributed by atoms with Crippen LogP contribution in [0, 0.1) is 0 Å². The van der Waals surface area contributed by atoms with Gasteiger partial charge in [0.15, 0.2) is 6.10 Å². The maximum atomic E-state index is 12.7. The van der Waals surface area contributed by atoms with E-state index in [9.17, 15) is 19.0 Å². The lowest BCUT2D eigenvalue weighted by Crippen LogP contribution is -2.37. The molecule has 364 valence electrons. The second kappa shape index (κ2) is 44.9. The van der Waals surface area contributed by atoms with Gasteiger partial charge < -0.3 is 27.9 Å². The van der Waals surface area contributed by atoms with Gasteiger partial charge in [-0.25, -0.2) is 0 Å². The third kappa shape index (κ3) is 48.1. The standard InChI is InChI=1S/C54H90NO8P/c1-6-8-10-12-14-16-18-20-22-24-25-26-27-28-29-31-33-35-37-39-41-43-45-47-54(57)63-52(51-62-64(58,59)61-49-48-55(3,4)5)50-60-53(56)46-44-42-40-38-36-34-32-30-23-21-19-17-15-13-11-9-7-2/h8,10,14-17,20-23,25-26,28-29,33,35,39,41,52H,6-7,9,11-13,18-19,24,27,30-32,34,36-38,40,42-51H2,1-5H3/b10-8-,16-14-,17-15-,22-20-,23-21-,26-25-,29-28-,35-33-,41-39-. The maximum Gasteiger partial charge on any atom is 0.306 e. The molecule has 0 heterocycles. The average molecular weight is 912 g/mol. The predicted molar refractivity (Wildman–Crippen MR) is 268 cm³/mol. The number of carbonyl (C=O) groups is 2. The number of nitrogens with zero attached hydrogens (tertiary/aromatic N) is 1. The Kier molecular flexibility index (Phi) is 42.5. The number of phosphoric ester groups is 1.